The molecule has 0 aliphatic carbocycles. The van der Waals surface area contributed by atoms with Gasteiger partial charge in [0.25, 0.3) is 5.91 Å². The topological polar surface area (TPSA) is 46.6 Å². The molecule has 0 N–H and O–H groups in total. The Hall–Kier alpha value is -1.66. The zero-order valence-corrected chi connectivity index (χ0v) is 15.3. The molecule has 1 heterocycles. The Morgan fingerprint density at radius 3 is 2.75 bits per heavy atom. The van der Waals surface area contributed by atoms with Gasteiger partial charge in [0.1, 0.15) is 4.32 Å². The number of esters is 1. The number of hydrogen-bond donors (Lipinski definition) is 0. The van der Waals surface area contributed by atoms with Crippen molar-refractivity contribution in [1.82, 2.24) is 4.90 Å². The summed E-state index contributed by atoms with van der Waals surface area (Å²) in [6.07, 6.45) is 4.58. The van der Waals surface area contributed by atoms with Crippen LogP contribution in [0.5, 0.6) is 0 Å². The summed E-state index contributed by atoms with van der Waals surface area (Å²) in [7, 11) is 0. The summed E-state index contributed by atoms with van der Waals surface area (Å²) in [6.45, 7) is 2.96. The minimum absolute atomic E-state index is 0.0896. The van der Waals surface area contributed by atoms with Gasteiger partial charge in [0.05, 0.1) is 11.5 Å². The molecule has 1 amide bonds. The molecule has 0 atom stereocenters. The largest absolute Gasteiger partial charge is 0.466 e. The minimum Gasteiger partial charge on any atom is -0.466 e. The highest BCUT2D eigenvalue weighted by atomic mass is 32.2. The van der Waals surface area contributed by atoms with Gasteiger partial charge in [-0.1, -0.05) is 67.7 Å². The smallest absolute Gasteiger partial charge is 0.305 e. The summed E-state index contributed by atoms with van der Waals surface area (Å²) < 4.78 is 5.65. The second kappa shape index (κ2) is 9.59. The quantitative estimate of drug-likeness (QED) is 0.302. The van der Waals surface area contributed by atoms with Crippen molar-refractivity contribution in [1.29, 1.82) is 0 Å². The van der Waals surface area contributed by atoms with Crippen molar-refractivity contribution in [3.05, 3.63) is 40.8 Å². The van der Waals surface area contributed by atoms with Crippen LogP contribution in [0.25, 0.3) is 6.08 Å². The van der Waals surface area contributed by atoms with Gasteiger partial charge >= 0.3 is 5.97 Å². The van der Waals surface area contributed by atoms with E-state index in [2.05, 4.69) is 0 Å². The first kappa shape index (κ1) is 18.7. The molecule has 1 aromatic rings. The van der Waals surface area contributed by atoms with E-state index in [1.165, 1.54) is 11.8 Å². The summed E-state index contributed by atoms with van der Waals surface area (Å²) >= 11 is 6.59. The van der Waals surface area contributed by atoms with E-state index in [1.807, 2.05) is 43.3 Å². The van der Waals surface area contributed by atoms with Gasteiger partial charge in [-0.25, -0.2) is 0 Å². The zero-order valence-electron chi connectivity index (χ0n) is 13.7. The Morgan fingerprint density at radius 2 is 2.04 bits per heavy atom. The molecule has 1 aliphatic heterocycles. The maximum absolute atomic E-state index is 12.4. The fraction of sp³-hybridized carbons (Fsp3) is 0.389. The Bertz CT molecular complexity index is 628. The van der Waals surface area contributed by atoms with Crippen LogP contribution < -0.4 is 0 Å². The predicted octanol–water partition coefficient (Wildman–Crippen LogP) is 4.01. The first-order chi connectivity index (χ1) is 11.6. The van der Waals surface area contributed by atoms with E-state index < -0.39 is 0 Å². The maximum Gasteiger partial charge on any atom is 0.305 e. The summed E-state index contributed by atoms with van der Waals surface area (Å²) in [4.78, 5) is 26.2. The molecule has 0 bridgehead atoms. The van der Waals surface area contributed by atoms with E-state index in [0.29, 0.717) is 35.2 Å². The lowest BCUT2D eigenvalue weighted by molar-refractivity contribution is -0.144. The average Bonchev–Trinajstić information content (AvgIpc) is 2.83. The highest BCUT2D eigenvalue weighted by Crippen LogP contribution is 2.32. The molecule has 0 radical (unpaired) electrons. The number of amides is 1. The normalized spacial score (nSPS) is 16.0. The van der Waals surface area contributed by atoms with E-state index in [0.717, 1.165) is 18.4 Å². The van der Waals surface area contributed by atoms with Crippen LogP contribution in [0, 0.1) is 0 Å². The van der Waals surface area contributed by atoms with Gasteiger partial charge in [-0.05, 0) is 24.5 Å². The molecule has 128 valence electrons. The van der Waals surface area contributed by atoms with Crippen molar-refractivity contribution in [3.63, 3.8) is 0 Å². The second-order valence-electron chi connectivity index (χ2n) is 5.42. The third kappa shape index (κ3) is 5.46. The van der Waals surface area contributed by atoms with Crippen LogP contribution in [0.2, 0.25) is 0 Å². The standard InChI is InChI=1S/C18H21NO3S2/c1-2-3-12-22-16(20)10-7-11-19-17(21)15(24-18(19)23)13-14-8-5-4-6-9-14/h4-6,8-9,13H,2-3,7,10-12H2,1H3/b15-13+. The molecule has 2 rings (SSSR count). The van der Waals surface area contributed by atoms with Gasteiger partial charge < -0.3 is 4.74 Å². The van der Waals surface area contributed by atoms with Crippen LogP contribution in [0.1, 0.15) is 38.2 Å². The minimum atomic E-state index is -0.214. The van der Waals surface area contributed by atoms with E-state index in [-0.39, 0.29) is 11.9 Å². The second-order valence-corrected chi connectivity index (χ2v) is 7.10. The van der Waals surface area contributed by atoms with E-state index in [1.54, 1.807) is 4.90 Å². The van der Waals surface area contributed by atoms with Gasteiger partial charge in [-0.3, -0.25) is 14.5 Å². The highest BCUT2D eigenvalue weighted by molar-refractivity contribution is 8.26. The molecule has 1 saturated heterocycles. The first-order valence-corrected chi connectivity index (χ1v) is 9.30. The number of hydrogen-bond acceptors (Lipinski definition) is 5. The van der Waals surface area contributed by atoms with Gasteiger partial charge in [0.2, 0.25) is 0 Å². The Morgan fingerprint density at radius 1 is 1.29 bits per heavy atom. The maximum atomic E-state index is 12.4. The molecular weight excluding hydrogens is 342 g/mol. The summed E-state index contributed by atoms with van der Waals surface area (Å²) in [5.74, 6) is -0.304. The Kier molecular flexibility index (Phi) is 7.46. The van der Waals surface area contributed by atoms with Gasteiger partial charge in [0.15, 0.2) is 0 Å². The Labute approximate surface area is 152 Å². The van der Waals surface area contributed by atoms with Crippen LogP contribution in [0.3, 0.4) is 0 Å². The molecular formula is C18H21NO3S2. The average molecular weight is 364 g/mol. The SMILES string of the molecule is CCCCOC(=O)CCCN1C(=O)/C(=C\c2ccccc2)SC1=S. The fourth-order valence-corrected chi connectivity index (χ4v) is 3.49. The van der Waals surface area contributed by atoms with Crippen molar-refractivity contribution in [2.45, 2.75) is 32.6 Å². The number of carbonyl (C=O) groups excluding carboxylic acids is 2. The molecule has 0 aromatic heterocycles. The molecule has 0 spiro atoms. The molecule has 1 fully saturated rings. The lowest BCUT2D eigenvalue weighted by Gasteiger charge is -2.13. The summed E-state index contributed by atoms with van der Waals surface area (Å²) in [6, 6.07) is 9.67. The van der Waals surface area contributed by atoms with Crippen LogP contribution in [-0.4, -0.2) is 34.2 Å². The van der Waals surface area contributed by atoms with Gasteiger partial charge in [-0.2, -0.15) is 0 Å². The number of rotatable bonds is 8. The van der Waals surface area contributed by atoms with Crippen molar-refractivity contribution in [3.8, 4) is 0 Å². The van der Waals surface area contributed by atoms with Crippen molar-refractivity contribution < 1.29 is 14.3 Å². The number of ether oxygens (including phenoxy) is 1. The fourth-order valence-electron chi connectivity index (χ4n) is 2.18. The van der Waals surface area contributed by atoms with Crippen molar-refractivity contribution in [2.75, 3.05) is 13.2 Å². The molecule has 0 saturated carbocycles. The van der Waals surface area contributed by atoms with Crippen LogP contribution in [0.15, 0.2) is 35.2 Å². The van der Waals surface area contributed by atoms with Crippen LogP contribution in [0.4, 0.5) is 0 Å². The summed E-state index contributed by atoms with van der Waals surface area (Å²) in [5.41, 5.74) is 0.970. The molecule has 1 aliphatic rings. The van der Waals surface area contributed by atoms with E-state index in [9.17, 15) is 9.59 Å². The van der Waals surface area contributed by atoms with Crippen LogP contribution in [-0.2, 0) is 14.3 Å². The molecule has 0 unspecified atom stereocenters. The lowest BCUT2D eigenvalue weighted by Crippen LogP contribution is -2.29. The first-order valence-electron chi connectivity index (χ1n) is 8.08. The lowest BCUT2D eigenvalue weighted by atomic mass is 10.2. The molecule has 4 nitrogen and oxygen atoms in total. The number of unbranched alkanes of at least 4 members (excludes halogenated alkanes) is 1. The van der Waals surface area contributed by atoms with E-state index in [4.69, 9.17) is 17.0 Å². The number of carbonyl (C=O) groups is 2. The molecule has 6 heteroatoms. The predicted molar refractivity (Wildman–Crippen MR) is 101 cm³/mol. The van der Waals surface area contributed by atoms with Gasteiger partial charge in [0, 0.05) is 13.0 Å². The number of benzene rings is 1. The van der Waals surface area contributed by atoms with Gasteiger partial charge in [-0.15, -0.1) is 0 Å². The van der Waals surface area contributed by atoms with Crippen molar-refractivity contribution >= 4 is 46.3 Å². The molecule has 1 aromatic carbocycles. The number of nitrogens with zero attached hydrogens (tertiary/aromatic N) is 1. The number of thioether (sulfide) groups is 1. The van der Waals surface area contributed by atoms with Crippen LogP contribution >= 0.6 is 24.0 Å². The third-order valence-corrected chi connectivity index (χ3v) is 4.87. The van der Waals surface area contributed by atoms with Crippen molar-refractivity contribution in [2.24, 2.45) is 0 Å². The Balaban J connectivity index is 1.84. The zero-order chi connectivity index (χ0) is 17.4. The molecule has 24 heavy (non-hydrogen) atoms. The monoisotopic (exact) mass is 363 g/mol. The third-order valence-electron chi connectivity index (χ3n) is 3.49. The number of thiocarbonyl (C=S) groups is 1. The highest BCUT2D eigenvalue weighted by Gasteiger charge is 2.31. The van der Waals surface area contributed by atoms with E-state index >= 15 is 0 Å². The summed E-state index contributed by atoms with van der Waals surface area (Å²) in [5, 5.41) is 0.